The molecule has 0 aliphatic heterocycles. The number of aromatic nitrogens is 4. The molecule has 3 aromatic heterocycles. The highest BCUT2D eigenvalue weighted by Gasteiger charge is 2.30. The van der Waals surface area contributed by atoms with Crippen LogP contribution < -0.4 is 15.4 Å². The molecule has 200 valence electrons. The minimum atomic E-state index is -0.521. The number of anilines is 1. The summed E-state index contributed by atoms with van der Waals surface area (Å²) in [5, 5.41) is 10.3. The number of hydrogen-bond acceptors (Lipinski definition) is 11. The molecule has 0 spiro atoms. The second-order valence-corrected chi connectivity index (χ2v) is 9.82. The number of ketones is 1. The van der Waals surface area contributed by atoms with E-state index in [0.717, 1.165) is 25.8 Å². The smallest absolute Gasteiger partial charge is 0.280 e. The summed E-state index contributed by atoms with van der Waals surface area (Å²) in [6.07, 6.45) is 5.89. The minimum absolute atomic E-state index is 0.0159. The van der Waals surface area contributed by atoms with Gasteiger partial charge in [-0.25, -0.2) is 19.9 Å². The Morgan fingerprint density at radius 1 is 1.05 bits per heavy atom. The Morgan fingerprint density at radius 2 is 1.82 bits per heavy atom. The molecule has 0 atom stereocenters. The first kappa shape index (κ1) is 26.3. The summed E-state index contributed by atoms with van der Waals surface area (Å²) in [6, 6.07) is 12.0. The standard InChI is InChI=1S/C27H27N7O4S/c1-28-12-3-15-37-22-11-10-20-26(32-22)39-27(31-20)33-25(36)23(34-38-16-21-29-13-2-14-30-21)17-4-6-18(7-5-17)24(35)19-8-9-19/h2,4-7,10-11,13-14,19,28H,3,8-9,12,15-16H2,1H3,(H,31,33,36)/b34-23+. The lowest BCUT2D eigenvalue weighted by Crippen LogP contribution is -2.24. The van der Waals surface area contributed by atoms with E-state index in [1.807, 2.05) is 7.05 Å². The maximum absolute atomic E-state index is 13.3. The van der Waals surface area contributed by atoms with Crippen molar-refractivity contribution in [2.45, 2.75) is 25.9 Å². The van der Waals surface area contributed by atoms with Gasteiger partial charge in [-0.3, -0.25) is 14.9 Å². The second-order valence-electron chi connectivity index (χ2n) is 8.85. The zero-order chi connectivity index (χ0) is 27.0. The molecule has 0 saturated heterocycles. The van der Waals surface area contributed by atoms with Crippen molar-refractivity contribution in [3.63, 3.8) is 0 Å². The summed E-state index contributed by atoms with van der Waals surface area (Å²) in [5.41, 5.74) is 1.76. The van der Waals surface area contributed by atoms with E-state index in [1.165, 1.54) is 11.3 Å². The van der Waals surface area contributed by atoms with E-state index in [0.29, 0.717) is 44.9 Å². The fraction of sp³-hybridized carbons (Fsp3) is 0.296. The Labute approximate surface area is 228 Å². The number of hydrogen-bond donors (Lipinski definition) is 2. The first-order valence-corrected chi connectivity index (χ1v) is 13.4. The largest absolute Gasteiger partial charge is 0.478 e. The van der Waals surface area contributed by atoms with Crippen molar-refractivity contribution in [3.05, 3.63) is 71.8 Å². The lowest BCUT2D eigenvalue weighted by molar-refractivity contribution is -0.110. The molecule has 0 unspecified atom stereocenters. The summed E-state index contributed by atoms with van der Waals surface area (Å²) in [5.74, 6) is 0.628. The van der Waals surface area contributed by atoms with Crippen LogP contribution in [-0.4, -0.2) is 57.5 Å². The zero-order valence-electron chi connectivity index (χ0n) is 21.3. The number of nitrogens with zero attached hydrogens (tertiary/aromatic N) is 5. The van der Waals surface area contributed by atoms with Crippen molar-refractivity contribution in [2.75, 3.05) is 25.5 Å². The Hall–Kier alpha value is -4.29. The van der Waals surface area contributed by atoms with Gasteiger partial charge in [0.05, 0.1) is 6.61 Å². The maximum atomic E-state index is 13.3. The van der Waals surface area contributed by atoms with Crippen LogP contribution >= 0.6 is 11.3 Å². The minimum Gasteiger partial charge on any atom is -0.478 e. The summed E-state index contributed by atoms with van der Waals surface area (Å²) in [7, 11) is 1.89. The lowest BCUT2D eigenvalue weighted by atomic mass is 10.0. The molecule has 0 bridgehead atoms. The number of thiazole rings is 1. The third-order valence-electron chi connectivity index (χ3n) is 5.85. The molecule has 39 heavy (non-hydrogen) atoms. The molecule has 1 aliphatic rings. The number of amides is 1. The molecule has 2 N–H and O–H groups in total. The number of nitrogens with one attached hydrogen (secondary N) is 2. The van der Waals surface area contributed by atoms with Gasteiger partial charge in [0.2, 0.25) is 5.88 Å². The molecular formula is C27H27N7O4S. The molecule has 1 aromatic carbocycles. The Bertz CT molecular complexity index is 1470. The molecule has 12 heteroatoms. The number of carbonyl (C=O) groups is 2. The van der Waals surface area contributed by atoms with Crippen molar-refractivity contribution in [1.29, 1.82) is 0 Å². The molecule has 1 aliphatic carbocycles. The average molecular weight is 546 g/mol. The van der Waals surface area contributed by atoms with Gasteiger partial charge < -0.3 is 14.9 Å². The Kier molecular flexibility index (Phi) is 8.44. The van der Waals surface area contributed by atoms with Gasteiger partial charge in [-0.2, -0.15) is 0 Å². The highest BCUT2D eigenvalue weighted by molar-refractivity contribution is 7.22. The fourth-order valence-electron chi connectivity index (χ4n) is 3.67. The highest BCUT2D eigenvalue weighted by atomic mass is 32.1. The molecule has 1 saturated carbocycles. The average Bonchev–Trinajstić information content (AvgIpc) is 3.74. The van der Waals surface area contributed by atoms with Crippen molar-refractivity contribution < 1.29 is 19.2 Å². The third-order valence-corrected chi connectivity index (χ3v) is 6.73. The normalized spacial score (nSPS) is 13.3. The molecule has 1 amide bonds. The van der Waals surface area contributed by atoms with E-state index in [2.05, 4.69) is 35.7 Å². The van der Waals surface area contributed by atoms with Crippen LogP contribution in [0.4, 0.5) is 5.13 Å². The lowest BCUT2D eigenvalue weighted by Gasteiger charge is -2.08. The quantitative estimate of drug-likeness (QED) is 0.112. The van der Waals surface area contributed by atoms with E-state index in [9.17, 15) is 9.59 Å². The van der Waals surface area contributed by atoms with Crippen LogP contribution in [0.2, 0.25) is 0 Å². The summed E-state index contributed by atoms with van der Waals surface area (Å²) >= 11 is 1.23. The second kappa shape index (κ2) is 12.5. The van der Waals surface area contributed by atoms with Crippen molar-refractivity contribution in [1.82, 2.24) is 25.3 Å². The Balaban J connectivity index is 1.32. The van der Waals surface area contributed by atoms with Gasteiger partial charge in [0.1, 0.15) is 10.3 Å². The summed E-state index contributed by atoms with van der Waals surface area (Å²) < 4.78 is 5.70. The van der Waals surface area contributed by atoms with Crippen LogP contribution in [0.15, 0.2) is 60.0 Å². The van der Waals surface area contributed by atoms with Crippen LogP contribution in [0, 0.1) is 5.92 Å². The first-order chi connectivity index (χ1) is 19.1. The maximum Gasteiger partial charge on any atom is 0.280 e. The number of benzene rings is 1. The van der Waals surface area contributed by atoms with E-state index < -0.39 is 5.91 Å². The van der Waals surface area contributed by atoms with Crippen molar-refractivity contribution >= 4 is 44.2 Å². The van der Waals surface area contributed by atoms with Crippen molar-refractivity contribution in [3.8, 4) is 5.88 Å². The number of rotatable bonds is 13. The van der Waals surface area contributed by atoms with Crippen LogP contribution in [-0.2, 0) is 16.2 Å². The van der Waals surface area contributed by atoms with Crippen LogP contribution in [0.5, 0.6) is 5.88 Å². The highest BCUT2D eigenvalue weighted by Crippen LogP contribution is 2.32. The van der Waals surface area contributed by atoms with Gasteiger partial charge in [-0.05, 0) is 45.0 Å². The Morgan fingerprint density at radius 3 is 2.56 bits per heavy atom. The summed E-state index contributed by atoms with van der Waals surface area (Å²) in [6.45, 7) is 1.38. The van der Waals surface area contributed by atoms with Gasteiger partial charge in [0.15, 0.2) is 29.1 Å². The topological polar surface area (TPSA) is 141 Å². The molecule has 1 fully saturated rings. The van der Waals surface area contributed by atoms with Crippen LogP contribution in [0.1, 0.15) is 41.0 Å². The predicted molar refractivity (Wildman–Crippen MR) is 147 cm³/mol. The van der Waals surface area contributed by atoms with Gasteiger partial charge >= 0.3 is 0 Å². The molecule has 3 heterocycles. The van der Waals surface area contributed by atoms with Gasteiger partial charge in [-0.1, -0.05) is 40.8 Å². The molecular weight excluding hydrogens is 518 g/mol. The first-order valence-electron chi connectivity index (χ1n) is 12.6. The van der Waals surface area contributed by atoms with E-state index >= 15 is 0 Å². The number of pyridine rings is 1. The van der Waals surface area contributed by atoms with E-state index in [1.54, 1.807) is 54.9 Å². The van der Waals surface area contributed by atoms with Gasteiger partial charge in [0, 0.05) is 35.5 Å². The van der Waals surface area contributed by atoms with Gasteiger partial charge in [-0.15, -0.1) is 0 Å². The monoisotopic (exact) mass is 545 g/mol. The molecule has 4 aromatic rings. The number of oxime groups is 1. The number of ether oxygens (including phenoxy) is 1. The SMILES string of the molecule is CNCCCOc1ccc2nc(NC(=O)/C(=N/OCc3ncccn3)c3ccc(C(=O)C4CC4)cc3)sc2n1. The van der Waals surface area contributed by atoms with Crippen LogP contribution in [0.25, 0.3) is 10.3 Å². The number of Topliss-reactive ketones (excluding diaryl/α,β-unsaturated/α-hetero) is 1. The molecule has 5 rings (SSSR count). The predicted octanol–water partition coefficient (Wildman–Crippen LogP) is 3.62. The number of carbonyl (C=O) groups excluding carboxylic acids is 2. The number of fused-ring (bicyclic) bond motifs is 1. The van der Waals surface area contributed by atoms with Crippen LogP contribution in [0.3, 0.4) is 0 Å². The molecule has 11 nitrogen and oxygen atoms in total. The zero-order valence-corrected chi connectivity index (χ0v) is 22.1. The fourth-order valence-corrected chi connectivity index (χ4v) is 4.50. The summed E-state index contributed by atoms with van der Waals surface area (Å²) in [4.78, 5) is 49.0. The molecule has 0 radical (unpaired) electrons. The third kappa shape index (κ3) is 6.98. The van der Waals surface area contributed by atoms with E-state index in [-0.39, 0.29) is 24.0 Å². The van der Waals surface area contributed by atoms with Crippen molar-refractivity contribution in [2.24, 2.45) is 11.1 Å². The van der Waals surface area contributed by atoms with E-state index in [4.69, 9.17) is 9.57 Å². The van der Waals surface area contributed by atoms with Gasteiger partial charge in [0.25, 0.3) is 5.91 Å².